The van der Waals surface area contributed by atoms with Crippen LogP contribution < -0.4 is 5.53 Å². The predicted molar refractivity (Wildman–Crippen MR) is 35.8 cm³/mol. The van der Waals surface area contributed by atoms with Crippen LogP contribution in [0.4, 0.5) is 5.69 Å². The van der Waals surface area contributed by atoms with Crippen LogP contribution in [0.3, 0.4) is 0 Å². The molecule has 2 N–H and O–H groups in total. The molecule has 0 spiro atoms. The fourth-order valence-corrected chi connectivity index (χ4v) is 0.639. The third kappa shape index (κ3) is 1.25. The molecule has 10 heavy (non-hydrogen) atoms. The van der Waals surface area contributed by atoms with Crippen LogP contribution in [0.25, 0.3) is 0 Å². The maximum absolute atomic E-state index is 10.1. The number of hydrogen-bond donors (Lipinski definition) is 1. The van der Waals surface area contributed by atoms with E-state index in [4.69, 9.17) is 5.53 Å². The van der Waals surface area contributed by atoms with Crippen molar-refractivity contribution >= 4 is 12.0 Å². The minimum absolute atomic E-state index is 0.632. The number of hydrogen-bond acceptors (Lipinski definition) is 2. The summed E-state index contributed by atoms with van der Waals surface area (Å²) in [6.07, 6.45) is 0.778. The van der Waals surface area contributed by atoms with Crippen LogP contribution >= 0.6 is 0 Å². The van der Waals surface area contributed by atoms with Crippen molar-refractivity contribution in [3.63, 3.8) is 0 Å². The Kier molecular flexibility index (Phi) is 1.89. The molecule has 0 saturated carbocycles. The molecule has 0 aliphatic carbocycles. The molecule has 0 fully saturated rings. The van der Waals surface area contributed by atoms with Crippen molar-refractivity contribution in [3.8, 4) is 0 Å². The number of aldehydes is 1. The number of nitrogens with two attached hydrogens (primary N) is 1. The summed E-state index contributed by atoms with van der Waals surface area (Å²) >= 11 is 0. The van der Waals surface area contributed by atoms with E-state index in [0.717, 1.165) is 6.29 Å². The lowest BCUT2D eigenvalue weighted by Gasteiger charge is -1.86. The topological polar surface area (TPSA) is 55.0 Å². The van der Waals surface area contributed by atoms with Crippen LogP contribution in [0.2, 0.25) is 0 Å². The quantitative estimate of drug-likeness (QED) is 0.461. The molecule has 3 nitrogen and oxygen atoms in total. The number of rotatable bonds is 2. The monoisotopic (exact) mass is 135 g/mol. The molecule has 0 bridgehead atoms. The van der Waals surface area contributed by atoms with Gasteiger partial charge in [0, 0.05) is 5.56 Å². The van der Waals surface area contributed by atoms with Crippen molar-refractivity contribution in [3.05, 3.63) is 29.8 Å². The predicted octanol–water partition coefficient (Wildman–Crippen LogP) is 0.342. The molecule has 0 aliphatic heterocycles. The van der Waals surface area contributed by atoms with E-state index < -0.39 is 0 Å². The highest BCUT2D eigenvalue weighted by atomic mass is 16.1. The van der Waals surface area contributed by atoms with E-state index in [1.165, 1.54) is 0 Å². The summed E-state index contributed by atoms with van der Waals surface area (Å²) in [5, 5.41) is 3.43. The van der Waals surface area contributed by atoms with Crippen LogP contribution in [0.5, 0.6) is 0 Å². The smallest absolute Gasteiger partial charge is 0.150 e. The number of nitrogens with zero attached hydrogens (tertiary/aromatic N) is 1. The highest BCUT2D eigenvalue weighted by molar-refractivity contribution is 5.75. The number of carbonyl (C=O) groups is 1. The Hall–Kier alpha value is -1.51. The molecule has 0 aromatic heterocycles. The van der Waals surface area contributed by atoms with E-state index in [2.05, 4.69) is 5.11 Å². The molecule has 0 radical (unpaired) electrons. The summed E-state index contributed by atoms with van der Waals surface area (Å²) in [4.78, 5) is 10.1. The van der Waals surface area contributed by atoms with Crippen LogP contribution in [-0.4, -0.2) is 6.29 Å². The Morgan fingerprint density at radius 1 is 1.30 bits per heavy atom. The van der Waals surface area contributed by atoms with Crippen LogP contribution in [0, 0.1) is 0 Å². The lowest BCUT2D eigenvalue weighted by atomic mass is 10.2. The zero-order chi connectivity index (χ0) is 7.40. The van der Waals surface area contributed by atoms with E-state index in [9.17, 15) is 4.79 Å². The first-order valence-electron chi connectivity index (χ1n) is 2.83. The molecular weight excluding hydrogens is 128 g/mol. The molecule has 3 heteroatoms. The summed E-state index contributed by atoms with van der Waals surface area (Å²) in [7, 11) is 0. The minimum atomic E-state index is 0.632. The number of benzene rings is 1. The van der Waals surface area contributed by atoms with Crippen molar-refractivity contribution in [1.82, 2.24) is 0 Å². The van der Waals surface area contributed by atoms with Gasteiger partial charge in [0.2, 0.25) is 0 Å². The fourth-order valence-electron chi connectivity index (χ4n) is 0.639. The first-order chi connectivity index (χ1) is 4.86. The minimum Gasteiger partial charge on any atom is -0.298 e. The lowest BCUT2D eigenvalue weighted by molar-refractivity contribution is -0.210. The van der Waals surface area contributed by atoms with Crippen LogP contribution in [0.15, 0.2) is 29.4 Å². The van der Waals surface area contributed by atoms with Crippen LogP contribution in [-0.2, 0) is 0 Å². The molecule has 1 aromatic carbocycles. The van der Waals surface area contributed by atoms with Gasteiger partial charge >= 0.3 is 0 Å². The first-order valence-corrected chi connectivity index (χ1v) is 2.83. The second-order valence-corrected chi connectivity index (χ2v) is 1.84. The molecule has 0 aliphatic rings. The third-order valence-electron chi connectivity index (χ3n) is 1.18. The van der Waals surface area contributed by atoms with E-state index in [-0.39, 0.29) is 0 Å². The maximum atomic E-state index is 10.1. The molecule has 0 unspecified atom stereocenters. The average Bonchev–Trinajstić information content (AvgIpc) is 2.05. The van der Waals surface area contributed by atoms with Crippen molar-refractivity contribution in [2.24, 2.45) is 5.11 Å². The van der Waals surface area contributed by atoms with E-state index in [1.54, 1.807) is 24.3 Å². The Morgan fingerprint density at radius 2 is 1.90 bits per heavy atom. The Morgan fingerprint density at radius 3 is 2.30 bits per heavy atom. The lowest BCUT2D eigenvalue weighted by Crippen LogP contribution is -2.21. The maximum Gasteiger partial charge on any atom is 0.150 e. The second-order valence-electron chi connectivity index (χ2n) is 1.84. The standard InChI is InChI=1S/C7H6N2O/c8-9-7-3-1-6(5-10)2-4-7/h1-5,8H/p+1. The van der Waals surface area contributed by atoms with E-state index in [0.29, 0.717) is 11.3 Å². The Bertz CT molecular complexity index is 213. The van der Waals surface area contributed by atoms with Gasteiger partial charge in [0.05, 0.1) is 0 Å². The third-order valence-corrected chi connectivity index (χ3v) is 1.18. The average molecular weight is 135 g/mol. The molecule has 0 saturated heterocycles. The van der Waals surface area contributed by atoms with Crippen molar-refractivity contribution in [2.75, 3.05) is 0 Å². The molecule has 50 valence electrons. The molecule has 0 heterocycles. The SMILES string of the molecule is [NH2+]=Nc1ccc(C=O)cc1. The number of carbonyl (C=O) groups excluding carboxylic acids is 1. The molecular formula is C7H7N2O+. The van der Waals surface area contributed by atoms with Gasteiger partial charge in [0.15, 0.2) is 0 Å². The summed E-state index contributed by atoms with van der Waals surface area (Å²) in [6.45, 7) is 0. The van der Waals surface area contributed by atoms with Crippen molar-refractivity contribution in [1.29, 1.82) is 0 Å². The highest BCUT2D eigenvalue weighted by Gasteiger charge is 1.90. The van der Waals surface area contributed by atoms with Gasteiger partial charge < -0.3 is 0 Å². The van der Waals surface area contributed by atoms with Gasteiger partial charge in [-0.2, -0.15) is 5.53 Å². The van der Waals surface area contributed by atoms with Gasteiger partial charge in [-0.15, -0.1) is 0 Å². The molecule has 0 amide bonds. The van der Waals surface area contributed by atoms with E-state index in [1.807, 2.05) is 0 Å². The van der Waals surface area contributed by atoms with Gasteiger partial charge in [0.25, 0.3) is 0 Å². The fraction of sp³-hybridized carbons (Fsp3) is 0. The van der Waals surface area contributed by atoms with Gasteiger partial charge in [-0.3, -0.25) is 4.79 Å². The van der Waals surface area contributed by atoms with Gasteiger partial charge in [-0.25, -0.2) is 0 Å². The normalized spacial score (nSPS) is 8.80. The molecule has 0 atom stereocenters. The highest BCUT2D eigenvalue weighted by Crippen LogP contribution is 2.08. The summed E-state index contributed by atoms with van der Waals surface area (Å²) in [5.41, 5.74) is 6.28. The molecule has 1 rings (SSSR count). The summed E-state index contributed by atoms with van der Waals surface area (Å²) < 4.78 is 0. The van der Waals surface area contributed by atoms with Crippen molar-refractivity contribution in [2.45, 2.75) is 0 Å². The van der Waals surface area contributed by atoms with Gasteiger partial charge in [-0.05, 0) is 29.4 Å². The van der Waals surface area contributed by atoms with E-state index >= 15 is 0 Å². The zero-order valence-corrected chi connectivity index (χ0v) is 5.32. The first kappa shape index (κ1) is 6.61. The largest absolute Gasteiger partial charge is 0.298 e. The summed E-state index contributed by atoms with van der Waals surface area (Å²) in [6, 6.07) is 6.70. The second kappa shape index (κ2) is 2.87. The summed E-state index contributed by atoms with van der Waals surface area (Å²) in [5.74, 6) is 0. The van der Waals surface area contributed by atoms with Gasteiger partial charge in [0.1, 0.15) is 12.0 Å². The Balaban J connectivity index is 3.00. The molecule has 1 aromatic rings. The Labute approximate surface area is 58.2 Å². The van der Waals surface area contributed by atoms with Crippen molar-refractivity contribution < 1.29 is 10.3 Å². The zero-order valence-electron chi connectivity index (χ0n) is 5.32. The van der Waals surface area contributed by atoms with Gasteiger partial charge in [-0.1, -0.05) is 0 Å². The van der Waals surface area contributed by atoms with Crippen LogP contribution in [0.1, 0.15) is 10.4 Å².